The second-order valence-corrected chi connectivity index (χ2v) is 7.78. The molecule has 2 N–H and O–H groups in total. The van der Waals surface area contributed by atoms with Gasteiger partial charge >= 0.3 is 0 Å². The molecule has 0 unspecified atom stereocenters. The van der Waals surface area contributed by atoms with Crippen LogP contribution in [0, 0.1) is 12.8 Å². The van der Waals surface area contributed by atoms with Crippen molar-refractivity contribution in [3.63, 3.8) is 0 Å². The summed E-state index contributed by atoms with van der Waals surface area (Å²) in [4.78, 5) is 13.2. The van der Waals surface area contributed by atoms with E-state index in [0.717, 1.165) is 43.9 Å². The zero-order chi connectivity index (χ0) is 18.7. The van der Waals surface area contributed by atoms with Gasteiger partial charge in [0.1, 0.15) is 11.3 Å². The molecule has 0 bridgehead atoms. The normalized spacial score (nSPS) is 18.9. The van der Waals surface area contributed by atoms with E-state index in [-0.39, 0.29) is 5.91 Å². The Morgan fingerprint density at radius 2 is 2.19 bits per heavy atom. The van der Waals surface area contributed by atoms with E-state index >= 15 is 0 Å². The predicted molar refractivity (Wildman–Crippen MR) is 104 cm³/mol. The number of carbonyl (C=O) groups excluding carboxylic acids is 1. The smallest absolute Gasteiger partial charge is 0.248 e. The van der Waals surface area contributed by atoms with Crippen LogP contribution in [0.4, 0.5) is 0 Å². The Morgan fingerprint density at radius 3 is 2.89 bits per heavy atom. The second kappa shape index (κ2) is 7.72. The summed E-state index contributed by atoms with van der Waals surface area (Å²) < 4.78 is 7.86. The molecule has 6 heteroatoms. The van der Waals surface area contributed by atoms with Crippen LogP contribution in [0.25, 0.3) is 0 Å². The van der Waals surface area contributed by atoms with Crippen molar-refractivity contribution in [2.24, 2.45) is 5.92 Å². The van der Waals surface area contributed by atoms with Crippen molar-refractivity contribution in [2.75, 3.05) is 19.7 Å². The molecule has 1 aromatic carbocycles. The number of nitrogens with zero attached hydrogens (tertiary/aromatic N) is 2. The molecule has 27 heavy (non-hydrogen) atoms. The number of piperidine rings is 1. The third kappa shape index (κ3) is 4.00. The summed E-state index contributed by atoms with van der Waals surface area (Å²) in [5.74, 6) is 1.62. The van der Waals surface area contributed by atoms with E-state index in [1.54, 1.807) is 6.20 Å². The maximum atomic E-state index is 13.2. The van der Waals surface area contributed by atoms with Crippen LogP contribution < -0.4 is 15.4 Å². The van der Waals surface area contributed by atoms with E-state index in [1.165, 1.54) is 18.4 Å². The van der Waals surface area contributed by atoms with Gasteiger partial charge in [-0.1, -0.05) is 12.1 Å². The summed E-state index contributed by atoms with van der Waals surface area (Å²) in [6.45, 7) is 4.93. The highest BCUT2D eigenvalue weighted by atomic mass is 16.5. The Labute approximate surface area is 160 Å². The Hall–Kier alpha value is -2.34. The molecular formula is C21H28N4O2. The highest BCUT2D eigenvalue weighted by molar-refractivity contribution is 5.84. The van der Waals surface area contributed by atoms with Crippen LogP contribution in [-0.2, 0) is 16.9 Å². The summed E-state index contributed by atoms with van der Waals surface area (Å²) in [7, 11) is 0. The number of benzene rings is 1. The topological polar surface area (TPSA) is 68.2 Å². The van der Waals surface area contributed by atoms with E-state index in [4.69, 9.17) is 4.74 Å². The molecule has 0 radical (unpaired) electrons. The van der Waals surface area contributed by atoms with Crippen molar-refractivity contribution in [2.45, 2.75) is 44.7 Å². The number of rotatable bonds is 7. The fourth-order valence-corrected chi connectivity index (χ4v) is 3.70. The summed E-state index contributed by atoms with van der Waals surface area (Å²) in [6, 6.07) is 8.07. The van der Waals surface area contributed by atoms with Gasteiger partial charge in [-0.05, 0) is 69.3 Å². The number of aryl methyl sites for hydroxylation is 1. The van der Waals surface area contributed by atoms with Crippen LogP contribution in [0.15, 0.2) is 36.7 Å². The van der Waals surface area contributed by atoms with Crippen molar-refractivity contribution in [1.29, 1.82) is 0 Å². The lowest BCUT2D eigenvalue weighted by Crippen LogP contribution is -2.54. The first-order valence-electron chi connectivity index (χ1n) is 9.89. The first kappa shape index (κ1) is 18.0. The molecule has 1 aromatic heterocycles. The molecule has 144 valence electrons. The number of ether oxygens (including phenoxy) is 1. The Morgan fingerprint density at radius 1 is 1.37 bits per heavy atom. The average Bonchev–Trinajstić information content (AvgIpc) is 3.36. The second-order valence-electron chi connectivity index (χ2n) is 7.78. The van der Waals surface area contributed by atoms with Gasteiger partial charge in [-0.25, -0.2) is 0 Å². The van der Waals surface area contributed by atoms with Crippen molar-refractivity contribution >= 4 is 5.91 Å². The van der Waals surface area contributed by atoms with Crippen LogP contribution in [-0.4, -0.2) is 35.4 Å². The van der Waals surface area contributed by atoms with Crippen molar-refractivity contribution in [3.05, 3.63) is 47.8 Å². The first-order valence-corrected chi connectivity index (χ1v) is 9.89. The van der Waals surface area contributed by atoms with Gasteiger partial charge in [0, 0.05) is 24.5 Å². The number of hydrogen-bond donors (Lipinski definition) is 2. The predicted octanol–water partition coefficient (Wildman–Crippen LogP) is 2.38. The molecule has 2 aromatic rings. The molecule has 0 atom stereocenters. The SMILES string of the molecule is Cc1ccc(CNC(=O)C2(n3cccn3)CCNCC2)c(OCC2CC2)c1. The Kier molecular flexibility index (Phi) is 5.16. The van der Waals surface area contributed by atoms with E-state index in [9.17, 15) is 4.79 Å². The fraction of sp³-hybridized carbons (Fsp3) is 0.524. The van der Waals surface area contributed by atoms with Crippen molar-refractivity contribution < 1.29 is 9.53 Å². The maximum absolute atomic E-state index is 13.2. The van der Waals surface area contributed by atoms with Gasteiger partial charge in [-0.3, -0.25) is 9.48 Å². The van der Waals surface area contributed by atoms with Gasteiger partial charge in [0.2, 0.25) is 5.91 Å². The third-order valence-corrected chi connectivity index (χ3v) is 5.63. The van der Waals surface area contributed by atoms with E-state index < -0.39 is 5.54 Å². The lowest BCUT2D eigenvalue weighted by atomic mass is 9.87. The summed E-state index contributed by atoms with van der Waals surface area (Å²) in [5, 5.41) is 10.9. The molecule has 6 nitrogen and oxygen atoms in total. The maximum Gasteiger partial charge on any atom is 0.248 e. The van der Waals surface area contributed by atoms with E-state index in [0.29, 0.717) is 12.5 Å². The molecule has 4 rings (SSSR count). The molecule has 1 saturated carbocycles. The fourth-order valence-electron chi connectivity index (χ4n) is 3.70. The number of aromatic nitrogens is 2. The summed E-state index contributed by atoms with van der Waals surface area (Å²) in [5.41, 5.74) is 1.58. The van der Waals surface area contributed by atoms with Gasteiger partial charge < -0.3 is 15.4 Å². The molecule has 1 saturated heterocycles. The summed E-state index contributed by atoms with van der Waals surface area (Å²) in [6.07, 6.45) is 7.62. The molecule has 1 aliphatic carbocycles. The van der Waals surface area contributed by atoms with Gasteiger partial charge in [0.15, 0.2) is 0 Å². The van der Waals surface area contributed by atoms with Crippen molar-refractivity contribution in [3.8, 4) is 5.75 Å². The van der Waals surface area contributed by atoms with Gasteiger partial charge in [-0.2, -0.15) is 5.10 Å². The molecule has 2 fully saturated rings. The quantitative estimate of drug-likeness (QED) is 0.787. The number of hydrogen-bond acceptors (Lipinski definition) is 4. The van der Waals surface area contributed by atoms with E-state index in [2.05, 4.69) is 40.9 Å². The van der Waals surface area contributed by atoms with Crippen LogP contribution in [0.1, 0.15) is 36.8 Å². The molecular weight excluding hydrogens is 340 g/mol. The molecule has 0 spiro atoms. The monoisotopic (exact) mass is 368 g/mol. The van der Waals surface area contributed by atoms with Gasteiger partial charge in [0.05, 0.1) is 6.61 Å². The first-order chi connectivity index (χ1) is 13.2. The minimum atomic E-state index is -0.617. The standard InChI is InChI=1S/C21H28N4O2/c1-16-3-6-18(19(13-16)27-15-17-4-5-17)14-23-20(26)21(7-10-22-11-8-21)25-12-2-9-24-25/h2-3,6,9,12-13,17,22H,4-5,7-8,10-11,14-15H2,1H3,(H,23,26). The lowest BCUT2D eigenvalue weighted by Gasteiger charge is -2.36. The number of carbonyl (C=O) groups is 1. The van der Waals surface area contributed by atoms with Crippen LogP contribution in [0.2, 0.25) is 0 Å². The Bertz CT molecular complexity index is 777. The minimum absolute atomic E-state index is 0.0291. The van der Waals surface area contributed by atoms with Gasteiger partial charge in [0.25, 0.3) is 0 Å². The highest BCUT2D eigenvalue weighted by Gasteiger charge is 2.41. The van der Waals surface area contributed by atoms with Crippen LogP contribution >= 0.6 is 0 Å². The minimum Gasteiger partial charge on any atom is -0.493 e. The van der Waals surface area contributed by atoms with E-state index in [1.807, 2.05) is 16.9 Å². The molecule has 1 amide bonds. The van der Waals surface area contributed by atoms with Gasteiger partial charge in [-0.15, -0.1) is 0 Å². The van der Waals surface area contributed by atoms with Crippen LogP contribution in [0.3, 0.4) is 0 Å². The zero-order valence-electron chi connectivity index (χ0n) is 15.9. The molecule has 2 heterocycles. The molecule has 2 aliphatic rings. The van der Waals surface area contributed by atoms with Crippen LogP contribution in [0.5, 0.6) is 5.75 Å². The number of amides is 1. The molecule has 1 aliphatic heterocycles. The largest absolute Gasteiger partial charge is 0.493 e. The Balaban J connectivity index is 1.47. The average molecular weight is 368 g/mol. The lowest BCUT2D eigenvalue weighted by molar-refractivity contribution is -0.132. The summed E-state index contributed by atoms with van der Waals surface area (Å²) >= 11 is 0. The zero-order valence-corrected chi connectivity index (χ0v) is 15.9. The van der Waals surface area contributed by atoms with Crippen molar-refractivity contribution in [1.82, 2.24) is 20.4 Å². The third-order valence-electron chi connectivity index (χ3n) is 5.63. The highest BCUT2D eigenvalue weighted by Crippen LogP contribution is 2.31. The number of nitrogens with one attached hydrogen (secondary N) is 2.